The SMILES string of the molecule is [CH2][SH](CCCC)CCCCCC. The molecular weight excluding hydrogens is 164 g/mol. The Bertz CT molecular complexity index is 81.1. The fraction of sp³-hybridized carbons (Fsp3) is 0.909. The maximum atomic E-state index is 4.24. The van der Waals surface area contributed by atoms with E-state index in [0.717, 1.165) is 0 Å². The van der Waals surface area contributed by atoms with Crippen molar-refractivity contribution >= 4 is 10.9 Å². The molecule has 0 nitrogen and oxygen atoms in total. The van der Waals surface area contributed by atoms with E-state index in [2.05, 4.69) is 20.1 Å². The number of hydrogen-bond acceptors (Lipinski definition) is 0. The minimum atomic E-state index is 0.147. The Kier molecular flexibility index (Phi) is 9.71. The highest BCUT2D eigenvalue weighted by Gasteiger charge is 1.96. The van der Waals surface area contributed by atoms with Gasteiger partial charge in [0.15, 0.2) is 0 Å². The zero-order valence-corrected chi connectivity index (χ0v) is 9.71. The summed E-state index contributed by atoms with van der Waals surface area (Å²) in [6, 6.07) is 0. The maximum absolute atomic E-state index is 4.24. The molecule has 1 radical (unpaired) electrons. The monoisotopic (exact) mass is 189 g/mol. The van der Waals surface area contributed by atoms with Crippen molar-refractivity contribution < 1.29 is 0 Å². The van der Waals surface area contributed by atoms with Crippen LogP contribution in [0, 0.1) is 6.26 Å². The van der Waals surface area contributed by atoms with Gasteiger partial charge < -0.3 is 0 Å². The summed E-state index contributed by atoms with van der Waals surface area (Å²) in [5.41, 5.74) is 0. The van der Waals surface area contributed by atoms with Crippen molar-refractivity contribution in [3.8, 4) is 0 Å². The predicted molar refractivity (Wildman–Crippen MR) is 63.1 cm³/mol. The van der Waals surface area contributed by atoms with Gasteiger partial charge in [-0.3, -0.25) is 10.9 Å². The lowest BCUT2D eigenvalue weighted by Crippen LogP contribution is -1.91. The van der Waals surface area contributed by atoms with E-state index in [1.807, 2.05) is 0 Å². The normalized spacial score (nSPS) is 14.8. The molecule has 0 saturated heterocycles. The van der Waals surface area contributed by atoms with Gasteiger partial charge in [0.1, 0.15) is 0 Å². The zero-order chi connectivity index (χ0) is 9.23. The summed E-state index contributed by atoms with van der Waals surface area (Å²) in [7, 11) is 0.147. The third-order valence-corrected chi connectivity index (χ3v) is 4.05. The van der Waals surface area contributed by atoms with E-state index >= 15 is 0 Å². The average Bonchev–Trinajstić information content (AvgIpc) is 2.09. The molecule has 0 aliphatic heterocycles. The molecule has 0 spiro atoms. The first-order valence-electron chi connectivity index (χ1n) is 5.36. The van der Waals surface area contributed by atoms with E-state index in [-0.39, 0.29) is 10.9 Å². The van der Waals surface area contributed by atoms with Crippen molar-refractivity contribution in [3.63, 3.8) is 0 Å². The molecule has 0 aromatic heterocycles. The van der Waals surface area contributed by atoms with Crippen LogP contribution in [0.15, 0.2) is 0 Å². The Hall–Kier alpha value is 0.350. The first-order valence-corrected chi connectivity index (χ1v) is 7.26. The van der Waals surface area contributed by atoms with Crippen LogP contribution >= 0.6 is 10.9 Å². The summed E-state index contributed by atoms with van der Waals surface area (Å²) >= 11 is 0. The van der Waals surface area contributed by atoms with Crippen LogP contribution in [0.2, 0.25) is 0 Å². The van der Waals surface area contributed by atoms with Crippen LogP contribution in [0.25, 0.3) is 0 Å². The van der Waals surface area contributed by atoms with Crippen molar-refractivity contribution in [1.82, 2.24) is 0 Å². The first kappa shape index (κ1) is 12.3. The molecule has 0 amide bonds. The lowest BCUT2D eigenvalue weighted by Gasteiger charge is -2.14. The summed E-state index contributed by atoms with van der Waals surface area (Å²) in [5, 5.41) is 0. The summed E-state index contributed by atoms with van der Waals surface area (Å²) in [6.07, 6.45) is 12.6. The summed E-state index contributed by atoms with van der Waals surface area (Å²) in [5.74, 6) is 2.81. The quantitative estimate of drug-likeness (QED) is 0.430. The van der Waals surface area contributed by atoms with Crippen molar-refractivity contribution in [1.29, 1.82) is 0 Å². The third kappa shape index (κ3) is 8.45. The van der Waals surface area contributed by atoms with E-state index in [9.17, 15) is 0 Å². The largest absolute Gasteiger partial charge is 0.253 e. The molecule has 0 fully saturated rings. The molecule has 75 valence electrons. The second-order valence-electron chi connectivity index (χ2n) is 3.53. The molecule has 0 heterocycles. The smallest absolute Gasteiger partial charge is 0.0178 e. The van der Waals surface area contributed by atoms with Gasteiger partial charge in [0.2, 0.25) is 0 Å². The van der Waals surface area contributed by atoms with Gasteiger partial charge in [-0.2, -0.15) is 0 Å². The van der Waals surface area contributed by atoms with E-state index in [0.29, 0.717) is 0 Å². The number of unbranched alkanes of at least 4 members (excludes halogenated alkanes) is 4. The average molecular weight is 189 g/mol. The molecule has 0 aliphatic rings. The second-order valence-corrected chi connectivity index (χ2v) is 5.77. The van der Waals surface area contributed by atoms with Crippen molar-refractivity contribution in [2.45, 2.75) is 52.4 Å². The van der Waals surface area contributed by atoms with Gasteiger partial charge >= 0.3 is 0 Å². The van der Waals surface area contributed by atoms with Gasteiger partial charge in [-0.1, -0.05) is 39.5 Å². The minimum Gasteiger partial charge on any atom is -0.253 e. The van der Waals surface area contributed by atoms with Gasteiger partial charge in [0.05, 0.1) is 0 Å². The van der Waals surface area contributed by atoms with Crippen LogP contribution in [-0.4, -0.2) is 11.5 Å². The molecule has 0 rings (SSSR count). The molecule has 12 heavy (non-hydrogen) atoms. The second kappa shape index (κ2) is 9.44. The predicted octanol–water partition coefficient (Wildman–Crippen LogP) is 4.16. The summed E-state index contributed by atoms with van der Waals surface area (Å²) < 4.78 is 0. The molecule has 0 bridgehead atoms. The Balaban J connectivity index is 3.02. The molecule has 1 atom stereocenters. The molecule has 1 unspecified atom stereocenters. The Morgan fingerprint density at radius 2 is 1.42 bits per heavy atom. The van der Waals surface area contributed by atoms with E-state index in [1.54, 1.807) is 0 Å². The fourth-order valence-electron chi connectivity index (χ4n) is 1.26. The minimum absolute atomic E-state index is 0.147. The van der Waals surface area contributed by atoms with E-state index in [4.69, 9.17) is 0 Å². The highest BCUT2D eigenvalue weighted by Crippen LogP contribution is 2.25. The van der Waals surface area contributed by atoms with Gasteiger partial charge in [-0.25, -0.2) is 0 Å². The van der Waals surface area contributed by atoms with Gasteiger partial charge in [-0.05, 0) is 30.6 Å². The lowest BCUT2D eigenvalue weighted by atomic mass is 10.2. The van der Waals surface area contributed by atoms with Gasteiger partial charge in [0, 0.05) is 0 Å². The molecular formula is C11H25S. The number of hydrogen-bond donors (Lipinski definition) is 1. The Morgan fingerprint density at radius 1 is 0.833 bits per heavy atom. The first-order chi connectivity index (χ1) is 5.81. The molecule has 0 N–H and O–H groups in total. The summed E-state index contributed by atoms with van der Waals surface area (Å²) in [6.45, 7) is 4.53. The molecule has 1 heteroatoms. The van der Waals surface area contributed by atoms with Crippen LogP contribution in [0.4, 0.5) is 0 Å². The van der Waals surface area contributed by atoms with Crippen LogP contribution in [0.5, 0.6) is 0 Å². The van der Waals surface area contributed by atoms with E-state index < -0.39 is 0 Å². The van der Waals surface area contributed by atoms with Gasteiger partial charge in [-0.15, -0.1) is 0 Å². The highest BCUT2D eigenvalue weighted by molar-refractivity contribution is 8.18. The van der Waals surface area contributed by atoms with Crippen LogP contribution < -0.4 is 0 Å². The Labute approximate surface area is 81.5 Å². The molecule has 0 saturated carbocycles. The van der Waals surface area contributed by atoms with Crippen LogP contribution in [0.1, 0.15) is 52.4 Å². The molecule has 0 aliphatic carbocycles. The Morgan fingerprint density at radius 3 is 2.00 bits per heavy atom. The topological polar surface area (TPSA) is 0 Å². The maximum Gasteiger partial charge on any atom is -0.0178 e. The zero-order valence-electron chi connectivity index (χ0n) is 8.81. The summed E-state index contributed by atoms with van der Waals surface area (Å²) in [4.78, 5) is 0. The molecule has 0 aromatic rings. The standard InChI is InChI=1S/C11H25S/c1-4-6-8-9-11-12(3)10-7-5-2/h12H,3-11H2,1-2H3. The number of rotatable bonds is 8. The van der Waals surface area contributed by atoms with Gasteiger partial charge in [0.25, 0.3) is 0 Å². The molecule has 0 aromatic carbocycles. The van der Waals surface area contributed by atoms with Crippen molar-refractivity contribution in [3.05, 3.63) is 6.26 Å². The van der Waals surface area contributed by atoms with Crippen molar-refractivity contribution in [2.24, 2.45) is 0 Å². The number of thiol groups is 1. The van der Waals surface area contributed by atoms with Crippen molar-refractivity contribution in [2.75, 3.05) is 11.5 Å². The van der Waals surface area contributed by atoms with E-state index in [1.165, 1.54) is 50.0 Å². The third-order valence-electron chi connectivity index (χ3n) is 2.16. The fourth-order valence-corrected chi connectivity index (χ4v) is 2.91. The van der Waals surface area contributed by atoms with Crippen LogP contribution in [0.3, 0.4) is 0 Å². The lowest BCUT2D eigenvalue weighted by molar-refractivity contribution is 0.705. The highest BCUT2D eigenvalue weighted by atomic mass is 32.2. The van der Waals surface area contributed by atoms with Crippen LogP contribution in [-0.2, 0) is 0 Å².